The number of nitrogens with zero attached hydrogens (tertiary/aromatic N) is 1. The third-order valence-electron chi connectivity index (χ3n) is 3.42. The van der Waals surface area contributed by atoms with E-state index in [4.69, 9.17) is 0 Å². The predicted molar refractivity (Wildman–Crippen MR) is 77.6 cm³/mol. The molecule has 0 saturated carbocycles. The summed E-state index contributed by atoms with van der Waals surface area (Å²) in [5.74, 6) is 0. The van der Waals surface area contributed by atoms with Gasteiger partial charge in [-0.3, -0.25) is 4.90 Å². The van der Waals surface area contributed by atoms with Gasteiger partial charge in [0.15, 0.2) is 0 Å². The van der Waals surface area contributed by atoms with E-state index < -0.39 is 0 Å². The van der Waals surface area contributed by atoms with Crippen molar-refractivity contribution < 1.29 is 0 Å². The lowest BCUT2D eigenvalue weighted by molar-refractivity contribution is 0.280. The Bertz CT molecular complexity index is 401. The first-order valence-corrected chi connectivity index (χ1v) is 6.57. The Balaban J connectivity index is 1.95. The van der Waals surface area contributed by atoms with Crippen LogP contribution >= 0.6 is 0 Å². The average molecular weight is 242 g/mol. The molecule has 1 N–H and O–H groups in total. The zero-order valence-corrected chi connectivity index (χ0v) is 10.9. The predicted octanol–water partition coefficient (Wildman–Crippen LogP) is 2.37. The van der Waals surface area contributed by atoms with Crippen LogP contribution in [0.5, 0.6) is 0 Å². The van der Waals surface area contributed by atoms with Crippen molar-refractivity contribution in [1.29, 1.82) is 0 Å². The van der Waals surface area contributed by atoms with Crippen molar-refractivity contribution in [3.63, 3.8) is 0 Å². The summed E-state index contributed by atoms with van der Waals surface area (Å²) in [6, 6.07) is 9.23. The van der Waals surface area contributed by atoms with Crippen molar-refractivity contribution in [3.05, 3.63) is 60.7 Å². The van der Waals surface area contributed by atoms with Crippen LogP contribution in [0.15, 0.2) is 49.6 Å². The molecule has 1 aromatic rings. The van der Waals surface area contributed by atoms with E-state index in [1.807, 2.05) is 12.2 Å². The zero-order valence-electron chi connectivity index (χ0n) is 10.9. The van der Waals surface area contributed by atoms with Crippen LogP contribution in [-0.2, 0) is 13.0 Å². The molecule has 96 valence electrons. The van der Waals surface area contributed by atoms with Crippen LogP contribution < -0.4 is 5.32 Å². The van der Waals surface area contributed by atoms with Gasteiger partial charge < -0.3 is 5.32 Å². The topological polar surface area (TPSA) is 15.3 Å². The average Bonchev–Trinajstić information content (AvgIpc) is 2.39. The van der Waals surface area contributed by atoms with Crippen LogP contribution in [0.1, 0.15) is 11.1 Å². The number of hydrogen-bond acceptors (Lipinski definition) is 2. The Labute approximate surface area is 110 Å². The summed E-state index contributed by atoms with van der Waals surface area (Å²) in [5, 5.41) is 3.61. The summed E-state index contributed by atoms with van der Waals surface area (Å²) >= 11 is 0. The highest BCUT2D eigenvalue weighted by atomic mass is 15.1. The molecule has 0 radical (unpaired) electrons. The molecule has 0 saturated heterocycles. The molecule has 1 aromatic carbocycles. The second-order valence-electron chi connectivity index (χ2n) is 4.85. The lowest BCUT2D eigenvalue weighted by Crippen LogP contribution is -2.44. The fourth-order valence-corrected chi connectivity index (χ4v) is 2.55. The molecule has 1 heterocycles. The van der Waals surface area contributed by atoms with Crippen LogP contribution in [0, 0.1) is 0 Å². The van der Waals surface area contributed by atoms with E-state index in [9.17, 15) is 0 Å². The third-order valence-corrected chi connectivity index (χ3v) is 3.42. The number of rotatable bonds is 6. The van der Waals surface area contributed by atoms with E-state index in [1.165, 1.54) is 11.1 Å². The molecule has 0 aliphatic carbocycles. The monoisotopic (exact) mass is 242 g/mol. The minimum Gasteiger partial charge on any atom is -0.308 e. The summed E-state index contributed by atoms with van der Waals surface area (Å²) in [4.78, 5) is 2.37. The molecule has 1 aliphatic heterocycles. The lowest BCUT2D eigenvalue weighted by atomic mass is 9.95. The maximum atomic E-state index is 3.82. The summed E-state index contributed by atoms with van der Waals surface area (Å²) in [5.41, 5.74) is 2.92. The van der Waals surface area contributed by atoms with E-state index >= 15 is 0 Å². The molecule has 0 amide bonds. The fraction of sp³-hybridized carbons (Fsp3) is 0.375. The fourth-order valence-electron chi connectivity index (χ4n) is 2.55. The zero-order chi connectivity index (χ0) is 12.8. The Morgan fingerprint density at radius 1 is 1.17 bits per heavy atom. The van der Waals surface area contributed by atoms with Gasteiger partial charge in [-0.25, -0.2) is 0 Å². The van der Waals surface area contributed by atoms with Crippen molar-refractivity contribution in [1.82, 2.24) is 10.2 Å². The Morgan fingerprint density at radius 2 is 1.83 bits per heavy atom. The van der Waals surface area contributed by atoms with Gasteiger partial charge in [-0.1, -0.05) is 36.4 Å². The number of nitrogens with one attached hydrogen (secondary N) is 1. The molecule has 0 bridgehead atoms. The van der Waals surface area contributed by atoms with Crippen LogP contribution in [-0.4, -0.2) is 30.6 Å². The summed E-state index contributed by atoms with van der Waals surface area (Å²) in [6.07, 6.45) is 5.03. The molecule has 2 nitrogen and oxygen atoms in total. The molecule has 0 spiro atoms. The molecular formula is C16H22N2. The van der Waals surface area contributed by atoms with Gasteiger partial charge in [0.05, 0.1) is 0 Å². The summed E-state index contributed by atoms with van der Waals surface area (Å²) in [7, 11) is 0. The normalized spacial score (nSPS) is 18.4. The smallest absolute Gasteiger partial charge is 0.0238 e. The van der Waals surface area contributed by atoms with Crippen molar-refractivity contribution >= 4 is 0 Å². The molecule has 1 aliphatic rings. The van der Waals surface area contributed by atoms with Crippen LogP contribution in [0.2, 0.25) is 0 Å². The second-order valence-corrected chi connectivity index (χ2v) is 4.85. The van der Waals surface area contributed by atoms with Gasteiger partial charge in [0, 0.05) is 32.2 Å². The largest absolute Gasteiger partial charge is 0.308 e. The second kappa shape index (κ2) is 6.53. The maximum Gasteiger partial charge on any atom is 0.0238 e. The molecular weight excluding hydrogens is 220 g/mol. The summed E-state index contributed by atoms with van der Waals surface area (Å²) < 4.78 is 0. The number of hydrogen-bond donors (Lipinski definition) is 1. The van der Waals surface area contributed by atoms with Gasteiger partial charge in [0.1, 0.15) is 0 Å². The van der Waals surface area contributed by atoms with Crippen molar-refractivity contribution in [3.8, 4) is 0 Å². The minimum absolute atomic E-state index is 0.528. The standard InChI is InChI=1S/C16H22N2/c1-3-9-18(10-4-2)13-16-11-14-7-5-6-8-15(14)12-17-16/h3-8,16-17H,1-2,9-13H2. The number of fused-ring (bicyclic) bond motifs is 1. The van der Waals surface area contributed by atoms with E-state index in [0.29, 0.717) is 6.04 Å². The SMILES string of the molecule is C=CCN(CC=C)CC1Cc2ccccc2CN1. The molecule has 1 atom stereocenters. The van der Waals surface area contributed by atoms with E-state index in [2.05, 4.69) is 47.6 Å². The molecule has 1 unspecified atom stereocenters. The van der Waals surface area contributed by atoms with Gasteiger partial charge in [-0.2, -0.15) is 0 Å². The van der Waals surface area contributed by atoms with Gasteiger partial charge in [0.2, 0.25) is 0 Å². The molecule has 2 rings (SSSR count). The molecule has 18 heavy (non-hydrogen) atoms. The van der Waals surface area contributed by atoms with Crippen molar-refractivity contribution in [2.75, 3.05) is 19.6 Å². The van der Waals surface area contributed by atoms with E-state index in [-0.39, 0.29) is 0 Å². The van der Waals surface area contributed by atoms with Crippen LogP contribution in [0.4, 0.5) is 0 Å². The van der Waals surface area contributed by atoms with Crippen LogP contribution in [0.25, 0.3) is 0 Å². The highest BCUT2D eigenvalue weighted by Crippen LogP contribution is 2.16. The van der Waals surface area contributed by atoms with E-state index in [1.54, 1.807) is 0 Å². The first kappa shape index (κ1) is 13.1. The molecule has 2 heteroatoms. The van der Waals surface area contributed by atoms with Gasteiger partial charge >= 0.3 is 0 Å². The van der Waals surface area contributed by atoms with Gasteiger partial charge in [0.25, 0.3) is 0 Å². The Morgan fingerprint density at radius 3 is 2.50 bits per heavy atom. The first-order valence-electron chi connectivity index (χ1n) is 6.57. The first-order chi connectivity index (χ1) is 8.83. The highest BCUT2D eigenvalue weighted by molar-refractivity contribution is 5.29. The van der Waals surface area contributed by atoms with Gasteiger partial charge in [-0.15, -0.1) is 13.2 Å². The minimum atomic E-state index is 0.528. The lowest BCUT2D eigenvalue weighted by Gasteiger charge is -2.30. The maximum absolute atomic E-state index is 3.82. The summed E-state index contributed by atoms with van der Waals surface area (Å²) in [6.45, 7) is 11.5. The van der Waals surface area contributed by atoms with Crippen molar-refractivity contribution in [2.24, 2.45) is 0 Å². The quantitative estimate of drug-likeness (QED) is 0.771. The number of benzene rings is 1. The van der Waals surface area contributed by atoms with Crippen LogP contribution in [0.3, 0.4) is 0 Å². The highest BCUT2D eigenvalue weighted by Gasteiger charge is 2.19. The molecule has 0 aromatic heterocycles. The van der Waals surface area contributed by atoms with Crippen molar-refractivity contribution in [2.45, 2.75) is 19.0 Å². The van der Waals surface area contributed by atoms with E-state index in [0.717, 1.165) is 32.6 Å². The van der Waals surface area contributed by atoms with Gasteiger partial charge in [-0.05, 0) is 17.5 Å². The Kier molecular flexibility index (Phi) is 4.73. The Hall–Kier alpha value is -1.38. The molecule has 0 fully saturated rings. The third kappa shape index (κ3) is 3.31.